The predicted octanol–water partition coefficient (Wildman–Crippen LogP) is 7.47. The number of azide groups is 1. The van der Waals surface area contributed by atoms with Gasteiger partial charge in [0, 0.05) is 30.8 Å². The van der Waals surface area contributed by atoms with E-state index in [4.69, 9.17) is 125 Å². The lowest BCUT2D eigenvalue weighted by molar-refractivity contribution is -0.150. The van der Waals surface area contributed by atoms with Crippen molar-refractivity contribution < 1.29 is 143 Å². The van der Waals surface area contributed by atoms with Crippen LogP contribution >= 0.6 is 0 Å². The summed E-state index contributed by atoms with van der Waals surface area (Å²) in [5.41, 5.74) is 8.18. The van der Waals surface area contributed by atoms with Crippen LogP contribution in [0.1, 0.15) is 135 Å². The van der Waals surface area contributed by atoms with Crippen molar-refractivity contribution in [1.82, 2.24) is 5.32 Å². The van der Waals surface area contributed by atoms with Crippen LogP contribution in [0, 0.1) is 11.8 Å². The van der Waals surface area contributed by atoms with Gasteiger partial charge in [-0.05, 0) is 37.1 Å². The maximum absolute atomic E-state index is 13.3. The minimum absolute atomic E-state index is 0.196. The van der Waals surface area contributed by atoms with Crippen molar-refractivity contribution in [1.29, 1.82) is 0 Å². The molecule has 0 bridgehead atoms. The maximum atomic E-state index is 13.3. The molecule has 34 heteroatoms. The minimum Gasteiger partial charge on any atom is -0.481 e. The molecule has 0 heterocycles. The number of carboxylic acid groups (broad SMARTS) is 3. The van der Waals surface area contributed by atoms with E-state index < -0.39 is 29.7 Å². The zero-order valence-corrected chi connectivity index (χ0v) is 66.2. The Bertz CT molecular complexity index is 1930. The average Bonchev–Trinajstić information content (AvgIpc) is 0.869. The first-order chi connectivity index (χ1) is 53.8. The van der Waals surface area contributed by atoms with Crippen LogP contribution in [0.4, 0.5) is 0 Å². The lowest BCUT2D eigenvalue weighted by Crippen LogP contribution is -2.41. The van der Waals surface area contributed by atoms with Gasteiger partial charge in [-0.3, -0.25) is 19.2 Å². The van der Waals surface area contributed by atoms with Crippen molar-refractivity contribution in [3.8, 4) is 0 Å². The van der Waals surface area contributed by atoms with Gasteiger partial charge in [0.25, 0.3) is 0 Å². The summed E-state index contributed by atoms with van der Waals surface area (Å²) in [5, 5.41) is 34.1. The SMILES string of the molecule is [N-]=[N+]=NCCOCCOCCOCCOCCOCCOCCOCCOCCOCCOCCOCCOCCOCCOCCOCCOCCOCCOCCOCCOCCOCCOCCOCCNC(=O)C(C(=O)O)C(CCCCCCCCCCCC(=O)O)CCCCCCCCCCC(=O)O. The zero-order chi connectivity index (χ0) is 78.6. The average molecular weight is 1580 g/mol. The monoisotopic (exact) mass is 1580 g/mol. The molecule has 1 amide bonds. The van der Waals surface area contributed by atoms with E-state index >= 15 is 0 Å². The number of carbonyl (C=O) groups is 4. The van der Waals surface area contributed by atoms with Crippen LogP contribution in [-0.4, -0.2) is 356 Å². The Labute approximate surface area is 649 Å². The number of rotatable bonds is 98. The fraction of sp³-hybridized carbons (Fsp3) is 0.947. The zero-order valence-electron chi connectivity index (χ0n) is 66.2. The largest absolute Gasteiger partial charge is 0.481 e. The number of unbranched alkanes of at least 4 members (excludes halogenated alkanes) is 15. The first-order valence-electron chi connectivity index (χ1n) is 40.0. The number of nitrogens with one attached hydrogen (secondary N) is 1. The van der Waals surface area contributed by atoms with Gasteiger partial charge in [-0.2, -0.15) is 0 Å². The van der Waals surface area contributed by atoms with E-state index in [1.807, 2.05) is 0 Å². The molecule has 0 aromatic heterocycles. The van der Waals surface area contributed by atoms with Gasteiger partial charge < -0.3 is 130 Å². The Morgan fingerprint density at radius 1 is 0.257 bits per heavy atom. The van der Waals surface area contributed by atoms with Crippen molar-refractivity contribution in [2.24, 2.45) is 17.0 Å². The van der Waals surface area contributed by atoms with Crippen molar-refractivity contribution in [3.05, 3.63) is 10.4 Å². The molecule has 2 atom stereocenters. The van der Waals surface area contributed by atoms with Crippen molar-refractivity contribution in [2.75, 3.05) is 317 Å². The summed E-state index contributed by atoms with van der Waals surface area (Å²) in [6.07, 6.45) is 18.2. The van der Waals surface area contributed by atoms with Gasteiger partial charge in [0.2, 0.25) is 5.91 Å². The highest BCUT2D eigenvalue weighted by molar-refractivity contribution is 5.97. The van der Waals surface area contributed by atoms with Crippen LogP contribution < -0.4 is 5.32 Å². The number of carboxylic acids is 3. The summed E-state index contributed by atoms with van der Waals surface area (Å²) in [7, 11) is 0. The highest BCUT2D eigenvalue weighted by atomic mass is 16.6. The summed E-state index contributed by atoms with van der Waals surface area (Å²) in [6, 6.07) is 0. The van der Waals surface area contributed by atoms with Gasteiger partial charge in [-0.1, -0.05) is 101 Å². The molecule has 0 saturated heterocycles. The second kappa shape index (κ2) is 93.1. The molecule has 4 N–H and O–H groups in total. The molecule has 34 nitrogen and oxygen atoms in total. The first kappa shape index (κ1) is 105. The molecular formula is C75H144N4O30. The van der Waals surface area contributed by atoms with Crippen molar-refractivity contribution in [2.45, 2.75) is 135 Å². The van der Waals surface area contributed by atoms with Crippen LogP contribution in [0.2, 0.25) is 0 Å². The number of aliphatic carboxylic acids is 3. The standard InChI is InChI=1S/C75H144N4O30/c76-79-78-23-25-88-27-29-90-31-33-92-35-37-94-39-41-96-43-45-98-47-49-100-51-53-102-55-57-104-59-61-106-63-65-108-67-69-109-68-66-107-64-62-105-60-58-103-56-54-101-52-50-99-48-46-97-44-42-95-40-38-93-36-34-91-32-30-89-28-26-87-24-22-77-74(84)73(75(85)86)70(19-15-11-7-4-5-9-13-17-21-72(82)83)18-14-10-6-2-1-3-8-12-16-20-71(80)81/h70,73H,1-69H2,(H,77,84)(H,80,81)(H,82,83)(H,85,86). The van der Waals surface area contributed by atoms with Gasteiger partial charge in [0.15, 0.2) is 0 Å². The van der Waals surface area contributed by atoms with E-state index in [2.05, 4.69) is 15.3 Å². The second-order valence-electron chi connectivity index (χ2n) is 24.8. The molecule has 109 heavy (non-hydrogen) atoms. The Morgan fingerprint density at radius 2 is 0.431 bits per heavy atom. The Morgan fingerprint density at radius 3 is 0.615 bits per heavy atom. The molecule has 0 saturated carbocycles. The molecule has 2 unspecified atom stereocenters. The van der Waals surface area contributed by atoms with Gasteiger partial charge in [-0.15, -0.1) is 0 Å². The number of nitrogens with zero attached hydrogens (tertiary/aromatic N) is 3. The highest BCUT2D eigenvalue weighted by Gasteiger charge is 2.34. The number of hydrogen-bond acceptors (Lipinski definition) is 28. The van der Waals surface area contributed by atoms with E-state index in [-0.39, 0.29) is 31.9 Å². The topological polar surface area (TPSA) is 402 Å². The summed E-state index contributed by atoms with van der Waals surface area (Å²) in [4.78, 5) is 49.9. The Hall–Kier alpha value is -3.73. The second-order valence-corrected chi connectivity index (χ2v) is 24.8. The van der Waals surface area contributed by atoms with Crippen LogP contribution in [0.3, 0.4) is 0 Å². The summed E-state index contributed by atoms with van der Waals surface area (Å²) >= 11 is 0. The molecule has 0 spiro atoms. The van der Waals surface area contributed by atoms with Crippen LogP contribution in [0.5, 0.6) is 0 Å². The molecule has 0 aromatic rings. The van der Waals surface area contributed by atoms with E-state index in [9.17, 15) is 24.3 Å². The van der Waals surface area contributed by atoms with Gasteiger partial charge in [0.1, 0.15) is 5.92 Å². The van der Waals surface area contributed by atoms with E-state index in [1.54, 1.807) is 0 Å². The Kier molecular flexibility index (Phi) is 89.9. The fourth-order valence-corrected chi connectivity index (χ4v) is 10.1. The minimum atomic E-state index is -1.13. The maximum Gasteiger partial charge on any atom is 0.316 e. The van der Waals surface area contributed by atoms with Crippen molar-refractivity contribution in [3.63, 3.8) is 0 Å². The third-order valence-corrected chi connectivity index (χ3v) is 15.8. The van der Waals surface area contributed by atoms with Gasteiger partial charge in [0.05, 0.1) is 304 Å². The van der Waals surface area contributed by atoms with Gasteiger partial charge >= 0.3 is 17.9 Å². The third kappa shape index (κ3) is 89.7. The lowest BCUT2D eigenvalue weighted by Gasteiger charge is -2.24. The molecule has 0 aliphatic rings. The molecule has 0 radical (unpaired) electrons. The highest BCUT2D eigenvalue weighted by Crippen LogP contribution is 2.27. The number of hydrogen-bond donors (Lipinski definition) is 4. The third-order valence-electron chi connectivity index (χ3n) is 15.8. The van der Waals surface area contributed by atoms with E-state index in [0.717, 1.165) is 103 Å². The first-order valence-corrected chi connectivity index (χ1v) is 40.0. The summed E-state index contributed by atoms with van der Waals surface area (Å²) in [5.74, 6) is -4.48. The molecule has 0 aromatic carbocycles. The summed E-state index contributed by atoms with van der Waals surface area (Å²) < 4.78 is 127. The number of ether oxygens (including phenoxy) is 23. The smallest absolute Gasteiger partial charge is 0.316 e. The number of amides is 1. The molecule has 0 fully saturated rings. The van der Waals surface area contributed by atoms with E-state index in [0.29, 0.717) is 323 Å². The van der Waals surface area contributed by atoms with Crippen LogP contribution in [0.15, 0.2) is 5.11 Å². The van der Waals surface area contributed by atoms with Crippen molar-refractivity contribution >= 4 is 23.8 Å². The fourth-order valence-electron chi connectivity index (χ4n) is 10.1. The molecule has 0 rings (SSSR count). The molecule has 644 valence electrons. The lowest BCUT2D eigenvalue weighted by atomic mass is 9.82. The molecule has 0 aliphatic heterocycles. The summed E-state index contributed by atoms with van der Waals surface area (Å²) in [6.45, 7) is 21.1. The molecular weight excluding hydrogens is 1440 g/mol. The quantitative estimate of drug-likeness (QED) is 0.0151. The number of carbonyl (C=O) groups excluding carboxylic acids is 1. The van der Waals surface area contributed by atoms with Crippen LogP contribution in [-0.2, 0) is 128 Å². The normalized spacial score (nSPS) is 12.1. The predicted molar refractivity (Wildman–Crippen MR) is 403 cm³/mol. The Balaban J connectivity index is 3.47. The van der Waals surface area contributed by atoms with Crippen LogP contribution in [0.25, 0.3) is 10.4 Å². The van der Waals surface area contributed by atoms with E-state index in [1.165, 1.54) is 0 Å². The van der Waals surface area contributed by atoms with Gasteiger partial charge in [-0.25, -0.2) is 0 Å². The molecule has 0 aliphatic carbocycles.